The van der Waals surface area contributed by atoms with Crippen LogP contribution in [0.15, 0.2) is 18.3 Å². The Morgan fingerprint density at radius 1 is 1.62 bits per heavy atom. The molecule has 1 rings (SSSR count). The van der Waals surface area contributed by atoms with E-state index in [1.54, 1.807) is 12.1 Å². The topological polar surface area (TPSA) is 80.0 Å². The fourth-order valence-corrected chi connectivity index (χ4v) is 0.793. The number of pyridine rings is 1. The molecule has 0 spiro atoms. The van der Waals surface area contributed by atoms with Crippen LogP contribution in [0.1, 0.15) is 17.3 Å². The zero-order chi connectivity index (χ0) is 9.68. The Bertz CT molecular complexity index is 283. The molecule has 0 radical (unpaired) electrons. The number of carbonyl (C=O) groups is 1. The van der Waals surface area contributed by atoms with Gasteiger partial charge in [0.1, 0.15) is 5.82 Å². The lowest BCUT2D eigenvalue weighted by molar-refractivity contribution is 0.1000. The Balaban J connectivity index is 2.64. The lowest BCUT2D eigenvalue weighted by atomic mass is 10.3. The smallest absolute Gasteiger partial charge is 0.250 e. The molecule has 0 fully saturated rings. The fourth-order valence-electron chi connectivity index (χ4n) is 0.793. The third-order valence-electron chi connectivity index (χ3n) is 1.44. The average Bonchev–Trinajstić information content (AvgIpc) is 2.15. The van der Waals surface area contributed by atoms with Gasteiger partial charge in [0.25, 0.3) is 0 Å². The standard InChI is InChI=1S/C8H12N4O/c1-2-11-12-7-4-3-6(5-10-7)8(9)13/h3-5,11H,2H2,1H3,(H2,9,13)(H,10,12). The molecule has 0 aromatic carbocycles. The number of rotatable bonds is 4. The number of anilines is 1. The predicted octanol–water partition coefficient (Wildman–Crippen LogP) is 0.117. The summed E-state index contributed by atoms with van der Waals surface area (Å²) in [6, 6.07) is 3.30. The first-order chi connectivity index (χ1) is 6.24. The Labute approximate surface area is 76.3 Å². The molecular formula is C8H12N4O. The second-order valence-electron chi connectivity index (χ2n) is 2.45. The monoisotopic (exact) mass is 180 g/mol. The van der Waals surface area contributed by atoms with Crippen molar-refractivity contribution in [2.45, 2.75) is 6.92 Å². The van der Waals surface area contributed by atoms with Crippen molar-refractivity contribution in [1.82, 2.24) is 10.4 Å². The van der Waals surface area contributed by atoms with Crippen LogP contribution in [-0.4, -0.2) is 17.4 Å². The number of hydrogen-bond donors (Lipinski definition) is 3. The van der Waals surface area contributed by atoms with Crippen LogP contribution in [0.4, 0.5) is 5.82 Å². The van der Waals surface area contributed by atoms with E-state index in [0.29, 0.717) is 11.4 Å². The van der Waals surface area contributed by atoms with Crippen molar-refractivity contribution >= 4 is 11.7 Å². The van der Waals surface area contributed by atoms with Crippen molar-refractivity contribution in [3.8, 4) is 0 Å². The van der Waals surface area contributed by atoms with Crippen LogP contribution in [0.3, 0.4) is 0 Å². The van der Waals surface area contributed by atoms with Crippen LogP contribution >= 0.6 is 0 Å². The molecule has 0 aliphatic heterocycles. The largest absolute Gasteiger partial charge is 0.366 e. The highest BCUT2D eigenvalue weighted by atomic mass is 16.1. The molecule has 5 nitrogen and oxygen atoms in total. The summed E-state index contributed by atoms with van der Waals surface area (Å²) in [5.41, 5.74) is 11.2. The van der Waals surface area contributed by atoms with Gasteiger partial charge in [0.2, 0.25) is 5.91 Å². The van der Waals surface area contributed by atoms with Crippen LogP contribution < -0.4 is 16.6 Å². The molecule has 0 aliphatic rings. The Kier molecular flexibility index (Phi) is 3.22. The minimum Gasteiger partial charge on any atom is -0.366 e. The molecule has 0 atom stereocenters. The summed E-state index contributed by atoms with van der Waals surface area (Å²) < 4.78 is 0. The van der Waals surface area contributed by atoms with E-state index in [-0.39, 0.29) is 0 Å². The number of hydrazine groups is 1. The summed E-state index contributed by atoms with van der Waals surface area (Å²) in [6.07, 6.45) is 1.43. The van der Waals surface area contributed by atoms with E-state index in [4.69, 9.17) is 5.73 Å². The quantitative estimate of drug-likeness (QED) is 0.575. The predicted molar refractivity (Wildman–Crippen MR) is 50.1 cm³/mol. The first-order valence-corrected chi connectivity index (χ1v) is 3.98. The maximum Gasteiger partial charge on any atom is 0.250 e. The van der Waals surface area contributed by atoms with Gasteiger partial charge in [0.15, 0.2) is 0 Å². The molecule has 1 aromatic heterocycles. The van der Waals surface area contributed by atoms with E-state index in [0.717, 1.165) is 6.54 Å². The number of nitrogens with two attached hydrogens (primary N) is 1. The molecule has 0 aliphatic carbocycles. The molecule has 0 saturated carbocycles. The van der Waals surface area contributed by atoms with Crippen molar-refractivity contribution in [2.24, 2.45) is 5.73 Å². The van der Waals surface area contributed by atoms with Crippen LogP contribution in [0.5, 0.6) is 0 Å². The number of amides is 1. The zero-order valence-electron chi connectivity index (χ0n) is 7.37. The average molecular weight is 180 g/mol. The first-order valence-electron chi connectivity index (χ1n) is 3.98. The van der Waals surface area contributed by atoms with E-state index in [9.17, 15) is 4.79 Å². The normalized spacial score (nSPS) is 9.62. The number of hydrogen-bond acceptors (Lipinski definition) is 4. The summed E-state index contributed by atoms with van der Waals surface area (Å²) >= 11 is 0. The SMILES string of the molecule is CCNNc1ccc(C(N)=O)cn1. The minimum atomic E-state index is -0.470. The molecule has 0 saturated heterocycles. The summed E-state index contributed by atoms with van der Waals surface area (Å²) in [4.78, 5) is 14.6. The van der Waals surface area contributed by atoms with Gasteiger partial charge in [-0.15, -0.1) is 0 Å². The summed E-state index contributed by atoms with van der Waals surface area (Å²) in [5, 5.41) is 0. The molecule has 0 unspecified atom stereocenters. The number of nitrogens with zero attached hydrogens (tertiary/aromatic N) is 1. The van der Waals surface area contributed by atoms with E-state index in [1.807, 2.05) is 6.92 Å². The maximum absolute atomic E-state index is 10.7. The van der Waals surface area contributed by atoms with Gasteiger partial charge in [-0.2, -0.15) is 0 Å². The van der Waals surface area contributed by atoms with Gasteiger partial charge in [0, 0.05) is 12.7 Å². The highest BCUT2D eigenvalue weighted by Gasteiger charge is 1.99. The molecule has 70 valence electrons. The summed E-state index contributed by atoms with van der Waals surface area (Å²) in [6.45, 7) is 2.75. The van der Waals surface area contributed by atoms with Crippen molar-refractivity contribution in [2.75, 3.05) is 12.0 Å². The fraction of sp³-hybridized carbons (Fsp3) is 0.250. The molecule has 1 aromatic rings. The van der Waals surface area contributed by atoms with E-state index < -0.39 is 5.91 Å². The molecule has 1 amide bonds. The van der Waals surface area contributed by atoms with Crippen LogP contribution in [-0.2, 0) is 0 Å². The zero-order valence-corrected chi connectivity index (χ0v) is 7.37. The van der Waals surface area contributed by atoms with Crippen molar-refractivity contribution in [3.63, 3.8) is 0 Å². The van der Waals surface area contributed by atoms with Crippen LogP contribution in [0.2, 0.25) is 0 Å². The molecule has 5 heteroatoms. The second-order valence-corrected chi connectivity index (χ2v) is 2.45. The van der Waals surface area contributed by atoms with Crippen LogP contribution in [0.25, 0.3) is 0 Å². The molecule has 0 bridgehead atoms. The number of carbonyl (C=O) groups excluding carboxylic acids is 1. The number of nitrogens with one attached hydrogen (secondary N) is 2. The number of primary amides is 1. The van der Waals surface area contributed by atoms with Gasteiger partial charge in [-0.25, -0.2) is 10.4 Å². The maximum atomic E-state index is 10.7. The van der Waals surface area contributed by atoms with Crippen LogP contribution in [0, 0.1) is 0 Å². The van der Waals surface area contributed by atoms with Gasteiger partial charge in [-0.3, -0.25) is 4.79 Å². The third kappa shape index (κ3) is 2.72. The lowest BCUT2D eigenvalue weighted by Crippen LogP contribution is -2.21. The van der Waals surface area contributed by atoms with Crippen molar-refractivity contribution < 1.29 is 4.79 Å². The third-order valence-corrected chi connectivity index (χ3v) is 1.44. The van der Waals surface area contributed by atoms with Crippen molar-refractivity contribution in [3.05, 3.63) is 23.9 Å². The summed E-state index contributed by atoms with van der Waals surface area (Å²) in [7, 11) is 0. The highest BCUT2D eigenvalue weighted by molar-refractivity contribution is 5.92. The Morgan fingerprint density at radius 3 is 2.85 bits per heavy atom. The van der Waals surface area contributed by atoms with Gasteiger partial charge < -0.3 is 11.2 Å². The molecule has 13 heavy (non-hydrogen) atoms. The molecular weight excluding hydrogens is 168 g/mol. The first kappa shape index (κ1) is 9.47. The molecule has 1 heterocycles. The second kappa shape index (κ2) is 4.42. The molecule has 4 N–H and O–H groups in total. The Hall–Kier alpha value is -1.62. The lowest BCUT2D eigenvalue weighted by Gasteiger charge is -2.04. The van der Waals surface area contributed by atoms with E-state index in [2.05, 4.69) is 15.8 Å². The minimum absolute atomic E-state index is 0.405. The Morgan fingerprint density at radius 2 is 2.38 bits per heavy atom. The van der Waals surface area contributed by atoms with Gasteiger partial charge in [0.05, 0.1) is 5.56 Å². The van der Waals surface area contributed by atoms with E-state index in [1.165, 1.54) is 6.20 Å². The van der Waals surface area contributed by atoms with E-state index >= 15 is 0 Å². The summed E-state index contributed by atoms with van der Waals surface area (Å²) in [5.74, 6) is 0.189. The van der Waals surface area contributed by atoms with Gasteiger partial charge in [-0.05, 0) is 12.1 Å². The number of aromatic nitrogens is 1. The van der Waals surface area contributed by atoms with Gasteiger partial charge in [-0.1, -0.05) is 6.92 Å². The van der Waals surface area contributed by atoms with Gasteiger partial charge >= 0.3 is 0 Å². The highest BCUT2D eigenvalue weighted by Crippen LogP contribution is 2.02. The van der Waals surface area contributed by atoms with Crippen molar-refractivity contribution in [1.29, 1.82) is 0 Å².